The van der Waals surface area contributed by atoms with Crippen LogP contribution in [-0.2, 0) is 9.53 Å². The highest BCUT2D eigenvalue weighted by atomic mass is 35.5. The molecule has 0 unspecified atom stereocenters. The summed E-state index contributed by atoms with van der Waals surface area (Å²) >= 11 is 12.6. The van der Waals surface area contributed by atoms with Crippen molar-refractivity contribution in [3.8, 4) is 0 Å². The van der Waals surface area contributed by atoms with Crippen LogP contribution in [0.3, 0.4) is 0 Å². The SMILES string of the molecule is O=C(COC(=O)c1ccc(Cl)s1)Nc1cccnc1Cl. The predicted octanol–water partition coefficient (Wildman–Crippen LogP) is 3.25. The Morgan fingerprint density at radius 3 is 2.75 bits per heavy atom. The average molecular weight is 331 g/mol. The van der Waals surface area contributed by atoms with Gasteiger partial charge in [-0.3, -0.25) is 4.79 Å². The van der Waals surface area contributed by atoms with Gasteiger partial charge >= 0.3 is 5.97 Å². The van der Waals surface area contributed by atoms with Gasteiger partial charge in [-0.2, -0.15) is 0 Å². The number of thiophene rings is 1. The zero-order valence-electron chi connectivity index (χ0n) is 9.93. The number of ether oxygens (including phenoxy) is 1. The molecule has 5 nitrogen and oxygen atoms in total. The van der Waals surface area contributed by atoms with E-state index in [0.29, 0.717) is 14.9 Å². The summed E-state index contributed by atoms with van der Waals surface area (Å²) in [5.41, 5.74) is 0.356. The van der Waals surface area contributed by atoms with Gasteiger partial charge in [0.1, 0.15) is 4.88 Å². The van der Waals surface area contributed by atoms with Crippen molar-refractivity contribution in [1.29, 1.82) is 0 Å². The molecule has 0 spiro atoms. The van der Waals surface area contributed by atoms with Gasteiger partial charge in [-0.25, -0.2) is 9.78 Å². The van der Waals surface area contributed by atoms with E-state index in [1.54, 1.807) is 18.2 Å². The van der Waals surface area contributed by atoms with Gasteiger partial charge in [-0.1, -0.05) is 23.2 Å². The molecule has 0 aliphatic heterocycles. The van der Waals surface area contributed by atoms with Gasteiger partial charge in [0.15, 0.2) is 11.8 Å². The highest BCUT2D eigenvalue weighted by Crippen LogP contribution is 2.22. The largest absolute Gasteiger partial charge is 0.451 e. The molecule has 0 radical (unpaired) electrons. The molecule has 0 fully saturated rings. The van der Waals surface area contributed by atoms with E-state index in [2.05, 4.69) is 10.3 Å². The maximum Gasteiger partial charge on any atom is 0.348 e. The molecule has 0 saturated carbocycles. The summed E-state index contributed by atoms with van der Waals surface area (Å²) in [6.45, 7) is -0.417. The lowest BCUT2D eigenvalue weighted by atomic mass is 10.4. The quantitative estimate of drug-likeness (QED) is 0.690. The Morgan fingerprint density at radius 2 is 2.10 bits per heavy atom. The highest BCUT2D eigenvalue weighted by molar-refractivity contribution is 7.17. The van der Waals surface area contributed by atoms with Crippen LogP contribution in [0.25, 0.3) is 0 Å². The molecule has 2 aromatic rings. The molecule has 0 atom stereocenters. The topological polar surface area (TPSA) is 68.3 Å². The fraction of sp³-hybridized carbons (Fsp3) is 0.0833. The molecule has 0 aliphatic carbocycles. The van der Waals surface area contributed by atoms with Gasteiger partial charge in [0.2, 0.25) is 0 Å². The molecule has 0 saturated heterocycles. The summed E-state index contributed by atoms with van der Waals surface area (Å²) in [6.07, 6.45) is 1.50. The van der Waals surface area contributed by atoms with E-state index in [1.807, 2.05) is 0 Å². The zero-order valence-corrected chi connectivity index (χ0v) is 12.3. The van der Waals surface area contributed by atoms with Gasteiger partial charge < -0.3 is 10.1 Å². The van der Waals surface area contributed by atoms with Crippen molar-refractivity contribution < 1.29 is 14.3 Å². The number of carbonyl (C=O) groups excluding carboxylic acids is 2. The fourth-order valence-electron chi connectivity index (χ4n) is 1.29. The standard InChI is InChI=1S/C12H8Cl2N2O3S/c13-9-4-3-8(20-9)12(18)19-6-10(17)16-7-2-1-5-15-11(7)14/h1-5H,6H2,(H,16,17). The van der Waals surface area contributed by atoms with Crippen molar-refractivity contribution in [3.63, 3.8) is 0 Å². The second kappa shape index (κ2) is 6.69. The summed E-state index contributed by atoms with van der Waals surface area (Å²) in [7, 11) is 0. The number of aromatic nitrogens is 1. The van der Waals surface area contributed by atoms with Crippen molar-refractivity contribution in [3.05, 3.63) is 44.8 Å². The Bertz CT molecular complexity index is 645. The number of halogens is 2. The third-order valence-corrected chi connectivity index (χ3v) is 3.65. The van der Waals surface area contributed by atoms with Crippen molar-refractivity contribution in [2.24, 2.45) is 0 Å². The van der Waals surface area contributed by atoms with E-state index in [1.165, 1.54) is 12.3 Å². The summed E-state index contributed by atoms with van der Waals surface area (Å²) in [6, 6.07) is 6.33. The predicted molar refractivity (Wildman–Crippen MR) is 77.5 cm³/mol. The number of hydrogen-bond acceptors (Lipinski definition) is 5. The first kappa shape index (κ1) is 14.8. The molecule has 104 valence electrons. The molecule has 0 aromatic carbocycles. The minimum Gasteiger partial charge on any atom is -0.451 e. The second-order valence-electron chi connectivity index (χ2n) is 3.57. The van der Waals surface area contributed by atoms with Crippen LogP contribution in [-0.4, -0.2) is 23.5 Å². The van der Waals surface area contributed by atoms with E-state index in [4.69, 9.17) is 27.9 Å². The number of nitrogens with one attached hydrogen (secondary N) is 1. The lowest BCUT2D eigenvalue weighted by Gasteiger charge is -2.06. The van der Waals surface area contributed by atoms with Crippen LogP contribution in [0, 0.1) is 0 Å². The Hall–Kier alpha value is -1.63. The normalized spacial score (nSPS) is 10.1. The second-order valence-corrected chi connectivity index (χ2v) is 5.64. The van der Waals surface area contributed by atoms with Crippen LogP contribution in [0.5, 0.6) is 0 Å². The molecule has 8 heteroatoms. The highest BCUT2D eigenvalue weighted by Gasteiger charge is 2.13. The lowest BCUT2D eigenvalue weighted by Crippen LogP contribution is -2.20. The van der Waals surface area contributed by atoms with Crippen molar-refractivity contribution in [2.75, 3.05) is 11.9 Å². The first-order chi connectivity index (χ1) is 9.56. The summed E-state index contributed by atoms with van der Waals surface area (Å²) < 4.78 is 5.33. The molecule has 1 amide bonds. The van der Waals surface area contributed by atoms with Crippen LogP contribution in [0.4, 0.5) is 5.69 Å². The number of nitrogens with zero attached hydrogens (tertiary/aromatic N) is 1. The number of anilines is 1. The van der Waals surface area contributed by atoms with E-state index in [-0.39, 0.29) is 5.15 Å². The first-order valence-electron chi connectivity index (χ1n) is 5.39. The number of amides is 1. The Labute approximate surface area is 128 Å². The molecule has 0 aliphatic rings. The number of hydrogen-bond donors (Lipinski definition) is 1. The van der Waals surface area contributed by atoms with E-state index < -0.39 is 18.5 Å². The minimum absolute atomic E-state index is 0.164. The van der Waals surface area contributed by atoms with Gasteiger partial charge in [-0.05, 0) is 24.3 Å². The molecule has 2 heterocycles. The number of pyridine rings is 1. The Kier molecular flexibility index (Phi) is 4.94. The molecule has 0 bridgehead atoms. The van der Waals surface area contributed by atoms with E-state index in [0.717, 1.165) is 11.3 Å². The fourth-order valence-corrected chi connectivity index (χ4v) is 2.40. The summed E-state index contributed by atoms with van der Waals surface area (Å²) in [4.78, 5) is 27.3. The third kappa shape index (κ3) is 3.93. The number of rotatable bonds is 4. The van der Waals surface area contributed by atoms with Gasteiger partial charge in [0, 0.05) is 6.20 Å². The van der Waals surface area contributed by atoms with Crippen LogP contribution < -0.4 is 5.32 Å². The van der Waals surface area contributed by atoms with Crippen molar-refractivity contribution in [2.45, 2.75) is 0 Å². The van der Waals surface area contributed by atoms with Crippen molar-refractivity contribution in [1.82, 2.24) is 4.98 Å². The van der Waals surface area contributed by atoms with Crippen LogP contribution in [0.2, 0.25) is 9.49 Å². The molecule has 1 N–H and O–H groups in total. The van der Waals surface area contributed by atoms with Gasteiger partial charge in [-0.15, -0.1) is 11.3 Å². The summed E-state index contributed by atoms with van der Waals surface area (Å²) in [5.74, 6) is -1.11. The average Bonchev–Trinajstić information content (AvgIpc) is 2.85. The molecule has 20 heavy (non-hydrogen) atoms. The maximum atomic E-state index is 11.6. The summed E-state index contributed by atoms with van der Waals surface area (Å²) in [5, 5.41) is 2.65. The molecular formula is C12H8Cl2N2O3S. The van der Waals surface area contributed by atoms with Crippen LogP contribution in [0.1, 0.15) is 9.67 Å². The van der Waals surface area contributed by atoms with Gasteiger partial charge in [0.25, 0.3) is 5.91 Å². The molecule has 2 rings (SSSR count). The maximum absolute atomic E-state index is 11.6. The number of carbonyl (C=O) groups is 2. The molecular weight excluding hydrogens is 323 g/mol. The Morgan fingerprint density at radius 1 is 1.30 bits per heavy atom. The van der Waals surface area contributed by atoms with Crippen molar-refractivity contribution >= 4 is 52.1 Å². The Balaban J connectivity index is 1.87. The van der Waals surface area contributed by atoms with E-state index >= 15 is 0 Å². The zero-order chi connectivity index (χ0) is 14.5. The number of esters is 1. The van der Waals surface area contributed by atoms with E-state index in [9.17, 15) is 9.59 Å². The van der Waals surface area contributed by atoms with Crippen LogP contribution in [0.15, 0.2) is 30.5 Å². The third-order valence-electron chi connectivity index (χ3n) is 2.14. The van der Waals surface area contributed by atoms with Crippen LogP contribution >= 0.6 is 34.5 Å². The molecule has 2 aromatic heterocycles. The monoisotopic (exact) mass is 330 g/mol. The van der Waals surface area contributed by atoms with Gasteiger partial charge in [0.05, 0.1) is 10.0 Å². The lowest BCUT2D eigenvalue weighted by molar-refractivity contribution is -0.119. The smallest absolute Gasteiger partial charge is 0.348 e. The first-order valence-corrected chi connectivity index (χ1v) is 6.96. The minimum atomic E-state index is -0.602.